The Balaban J connectivity index is 1.86. The highest BCUT2D eigenvalue weighted by Crippen LogP contribution is 2.21. The molecule has 0 unspecified atom stereocenters. The first kappa shape index (κ1) is 16.4. The number of benzene rings is 1. The average Bonchev–Trinajstić information content (AvgIpc) is 2.62. The normalized spacial score (nSPS) is 19.8. The molecule has 4 nitrogen and oxygen atoms in total. The summed E-state index contributed by atoms with van der Waals surface area (Å²) in [7, 11) is 0. The summed E-state index contributed by atoms with van der Waals surface area (Å²) >= 11 is 5.82. The van der Waals surface area contributed by atoms with Gasteiger partial charge in [-0.15, -0.1) is 0 Å². The lowest BCUT2D eigenvalue weighted by molar-refractivity contribution is 0.0595. The van der Waals surface area contributed by atoms with Crippen molar-refractivity contribution in [3.63, 3.8) is 0 Å². The van der Waals surface area contributed by atoms with Gasteiger partial charge in [0, 0.05) is 38.0 Å². The van der Waals surface area contributed by atoms with Gasteiger partial charge in [0.15, 0.2) is 0 Å². The summed E-state index contributed by atoms with van der Waals surface area (Å²) in [4.78, 5) is 5.49. The van der Waals surface area contributed by atoms with Gasteiger partial charge in [-0.2, -0.15) is 0 Å². The highest BCUT2D eigenvalue weighted by Gasteiger charge is 2.19. The van der Waals surface area contributed by atoms with Gasteiger partial charge in [0.25, 0.3) is 0 Å². The van der Waals surface area contributed by atoms with Crippen LogP contribution < -0.4 is 0 Å². The second-order valence-electron chi connectivity index (χ2n) is 5.96. The maximum Gasteiger partial charge on any atom is 0.111 e. The van der Waals surface area contributed by atoms with Gasteiger partial charge in [-0.25, -0.2) is 0 Å². The maximum atomic E-state index is 5.82. The van der Waals surface area contributed by atoms with Gasteiger partial charge in [-0.05, 0) is 12.5 Å². The van der Waals surface area contributed by atoms with Crippen LogP contribution in [0.15, 0.2) is 30.5 Å². The van der Waals surface area contributed by atoms with Crippen LogP contribution >= 0.6 is 12.2 Å². The highest BCUT2D eigenvalue weighted by atomic mass is 32.1. The van der Waals surface area contributed by atoms with E-state index in [2.05, 4.69) is 47.2 Å². The van der Waals surface area contributed by atoms with E-state index in [0.717, 1.165) is 63.2 Å². The molecule has 2 aliphatic rings. The lowest BCUT2D eigenvalue weighted by Gasteiger charge is -2.32. The fourth-order valence-electron chi connectivity index (χ4n) is 2.81. The Labute approximate surface area is 143 Å². The zero-order valence-electron chi connectivity index (χ0n) is 13.7. The molecule has 0 atom stereocenters. The van der Waals surface area contributed by atoms with E-state index < -0.39 is 0 Å². The van der Waals surface area contributed by atoms with Gasteiger partial charge in [0.05, 0.1) is 26.4 Å². The summed E-state index contributed by atoms with van der Waals surface area (Å²) in [6, 6.07) is 8.61. The molecule has 0 spiro atoms. The fourth-order valence-corrected chi connectivity index (χ4v) is 3.17. The molecule has 1 aromatic rings. The van der Waals surface area contributed by atoms with Gasteiger partial charge in [0.2, 0.25) is 0 Å². The van der Waals surface area contributed by atoms with Crippen LogP contribution in [0.4, 0.5) is 0 Å². The third kappa shape index (κ3) is 4.31. The van der Waals surface area contributed by atoms with Crippen LogP contribution in [-0.4, -0.2) is 67.4 Å². The summed E-state index contributed by atoms with van der Waals surface area (Å²) < 4.78 is 10.9. The van der Waals surface area contributed by atoms with Gasteiger partial charge in [-0.1, -0.05) is 42.0 Å². The van der Waals surface area contributed by atoms with E-state index in [1.165, 1.54) is 11.1 Å². The molecule has 0 saturated carbocycles. The summed E-state index contributed by atoms with van der Waals surface area (Å²) in [5.41, 5.74) is 3.57. The van der Waals surface area contributed by atoms with E-state index in [-0.39, 0.29) is 0 Å². The molecule has 0 aliphatic carbocycles. The van der Waals surface area contributed by atoms with Crippen molar-refractivity contribution in [1.82, 2.24) is 9.80 Å². The third-order valence-corrected chi connectivity index (χ3v) is 4.73. The number of rotatable bonds is 3. The van der Waals surface area contributed by atoms with E-state index in [4.69, 9.17) is 21.7 Å². The van der Waals surface area contributed by atoms with E-state index in [1.54, 1.807) is 0 Å². The van der Waals surface area contributed by atoms with Crippen LogP contribution in [0.5, 0.6) is 0 Å². The predicted octanol–water partition coefficient (Wildman–Crippen LogP) is 2.33. The van der Waals surface area contributed by atoms with Crippen molar-refractivity contribution in [3.05, 3.63) is 41.6 Å². The van der Waals surface area contributed by atoms with Crippen molar-refractivity contribution < 1.29 is 9.47 Å². The zero-order chi connectivity index (χ0) is 16.1. The van der Waals surface area contributed by atoms with Gasteiger partial charge < -0.3 is 19.3 Å². The third-order valence-electron chi connectivity index (χ3n) is 4.25. The Morgan fingerprint density at radius 3 is 2.13 bits per heavy atom. The van der Waals surface area contributed by atoms with Crippen LogP contribution in [0, 0.1) is 6.92 Å². The topological polar surface area (TPSA) is 24.9 Å². The molecular formula is C18H24N2O2S. The smallest absolute Gasteiger partial charge is 0.111 e. The molecular weight excluding hydrogens is 308 g/mol. The molecule has 0 N–H and O–H groups in total. The molecule has 0 radical (unpaired) electrons. The first-order valence-electron chi connectivity index (χ1n) is 8.22. The zero-order valence-corrected chi connectivity index (χ0v) is 14.5. The molecule has 2 fully saturated rings. The Morgan fingerprint density at radius 1 is 0.957 bits per heavy atom. The van der Waals surface area contributed by atoms with Crippen LogP contribution in [0.25, 0.3) is 5.57 Å². The fraction of sp³-hybridized carbons (Fsp3) is 0.500. The van der Waals surface area contributed by atoms with Crippen LogP contribution in [-0.2, 0) is 9.47 Å². The minimum Gasteiger partial charge on any atom is -0.378 e. The molecule has 23 heavy (non-hydrogen) atoms. The first-order chi connectivity index (χ1) is 11.2. The summed E-state index contributed by atoms with van der Waals surface area (Å²) in [6.45, 7) is 8.73. The number of hydrogen-bond acceptors (Lipinski definition) is 4. The number of thiocarbonyl (C=S) groups is 1. The molecule has 5 heteroatoms. The average molecular weight is 332 g/mol. The summed E-state index contributed by atoms with van der Waals surface area (Å²) in [6.07, 6.45) is 2.21. The molecule has 2 aliphatic heterocycles. The predicted molar refractivity (Wildman–Crippen MR) is 96.5 cm³/mol. The molecule has 2 saturated heterocycles. The summed E-state index contributed by atoms with van der Waals surface area (Å²) in [5, 5.41) is 0. The Morgan fingerprint density at radius 2 is 1.52 bits per heavy atom. The lowest BCUT2D eigenvalue weighted by Crippen LogP contribution is -2.41. The lowest BCUT2D eigenvalue weighted by atomic mass is 10.0. The van der Waals surface area contributed by atoms with Gasteiger partial charge >= 0.3 is 0 Å². The van der Waals surface area contributed by atoms with Crippen molar-refractivity contribution in [3.8, 4) is 0 Å². The molecule has 1 aromatic carbocycles. The van der Waals surface area contributed by atoms with Crippen molar-refractivity contribution in [2.45, 2.75) is 6.92 Å². The molecule has 3 rings (SSSR count). The van der Waals surface area contributed by atoms with E-state index in [9.17, 15) is 0 Å². The Kier molecular flexibility index (Phi) is 5.65. The van der Waals surface area contributed by atoms with E-state index in [0.29, 0.717) is 0 Å². The quantitative estimate of drug-likeness (QED) is 0.625. The second-order valence-corrected chi connectivity index (χ2v) is 6.35. The van der Waals surface area contributed by atoms with Crippen LogP contribution in [0.1, 0.15) is 11.1 Å². The molecule has 0 bridgehead atoms. The van der Waals surface area contributed by atoms with Crippen molar-refractivity contribution in [2.24, 2.45) is 0 Å². The number of hydrogen-bond donors (Lipinski definition) is 0. The standard InChI is InChI=1S/C18H24N2O2S/c1-15-2-4-16(5-3-15)17(14-19-6-10-21-11-7-19)18(23)20-8-12-22-13-9-20/h2-5,14H,6-13H2,1H3. The first-order valence-corrected chi connectivity index (χ1v) is 8.62. The van der Waals surface area contributed by atoms with E-state index in [1.807, 2.05) is 0 Å². The minimum absolute atomic E-state index is 0.749. The Hall–Kier alpha value is -1.43. The van der Waals surface area contributed by atoms with Crippen molar-refractivity contribution >= 4 is 22.8 Å². The number of ether oxygens (including phenoxy) is 2. The monoisotopic (exact) mass is 332 g/mol. The van der Waals surface area contributed by atoms with Crippen LogP contribution in [0.2, 0.25) is 0 Å². The van der Waals surface area contributed by atoms with Crippen molar-refractivity contribution in [2.75, 3.05) is 52.6 Å². The minimum atomic E-state index is 0.749. The largest absolute Gasteiger partial charge is 0.378 e. The SMILES string of the molecule is Cc1ccc(C(=CN2CCOCC2)C(=S)N2CCOCC2)cc1. The maximum absolute atomic E-state index is 5.82. The number of aryl methyl sites for hydroxylation is 1. The Bertz CT molecular complexity index is 559. The molecule has 0 aromatic heterocycles. The number of morpholine rings is 2. The van der Waals surface area contributed by atoms with Crippen molar-refractivity contribution in [1.29, 1.82) is 0 Å². The number of nitrogens with zero attached hydrogens (tertiary/aromatic N) is 2. The summed E-state index contributed by atoms with van der Waals surface area (Å²) in [5.74, 6) is 0. The highest BCUT2D eigenvalue weighted by molar-refractivity contribution is 7.81. The van der Waals surface area contributed by atoms with E-state index >= 15 is 0 Å². The second kappa shape index (κ2) is 7.90. The van der Waals surface area contributed by atoms with Gasteiger partial charge in [0.1, 0.15) is 4.99 Å². The molecule has 124 valence electrons. The van der Waals surface area contributed by atoms with Crippen LogP contribution in [0.3, 0.4) is 0 Å². The van der Waals surface area contributed by atoms with Gasteiger partial charge in [-0.3, -0.25) is 0 Å². The molecule has 0 amide bonds. The molecule has 2 heterocycles.